The van der Waals surface area contributed by atoms with Crippen molar-refractivity contribution in [3.8, 4) is 5.75 Å². The molecule has 0 aromatic heterocycles. The number of carboxylic acid groups (broad SMARTS) is 1. The average Bonchev–Trinajstić information content (AvgIpc) is 2.60. The van der Waals surface area contributed by atoms with Crippen LogP contribution < -0.4 is 10.5 Å². The first-order chi connectivity index (χ1) is 12.7. The maximum absolute atomic E-state index is 11.9. The summed E-state index contributed by atoms with van der Waals surface area (Å²) in [4.78, 5) is 24.7. The summed E-state index contributed by atoms with van der Waals surface area (Å²) in [6, 6.07) is 16.1. The van der Waals surface area contributed by atoms with Crippen LogP contribution in [-0.4, -0.2) is 33.6 Å². The Labute approximate surface area is 159 Å². The molecule has 1 unspecified atom stereocenters. The highest BCUT2D eigenvalue weighted by molar-refractivity contribution is 5.84. The van der Waals surface area contributed by atoms with Crippen molar-refractivity contribution >= 4 is 12.0 Å². The van der Waals surface area contributed by atoms with E-state index >= 15 is 0 Å². The summed E-state index contributed by atoms with van der Waals surface area (Å²) in [5.41, 5.74) is 6.62. The molecule has 0 aliphatic rings. The molecule has 0 spiro atoms. The normalized spacial score (nSPS) is 12.3. The maximum atomic E-state index is 11.9. The lowest BCUT2D eigenvalue weighted by atomic mass is 9.98. The minimum absolute atomic E-state index is 0.206. The quantitative estimate of drug-likeness (QED) is 0.781. The number of carbonyl (C=O) groups excluding carboxylic acids is 1. The van der Waals surface area contributed by atoms with Crippen LogP contribution in [-0.2, 0) is 17.8 Å². The summed E-state index contributed by atoms with van der Waals surface area (Å²) in [6.07, 6.45) is -0.966. The van der Waals surface area contributed by atoms with E-state index in [1.165, 1.54) is 0 Å². The Kier molecular flexibility index (Phi) is 6.45. The summed E-state index contributed by atoms with van der Waals surface area (Å²) in [5.74, 6) is 0.0286. The van der Waals surface area contributed by atoms with Gasteiger partial charge in [0.25, 0.3) is 0 Å². The van der Waals surface area contributed by atoms with Crippen LogP contribution >= 0.6 is 0 Å². The molecule has 0 saturated carbocycles. The summed E-state index contributed by atoms with van der Waals surface area (Å²) < 4.78 is 5.74. The smallest absolute Gasteiger partial charge is 0.408 e. The van der Waals surface area contributed by atoms with Gasteiger partial charge in [0, 0.05) is 12.0 Å². The first-order valence-corrected chi connectivity index (χ1v) is 8.75. The topological polar surface area (TPSA) is 92.9 Å². The Balaban J connectivity index is 2.08. The second kappa shape index (κ2) is 8.58. The molecule has 0 bridgehead atoms. The van der Waals surface area contributed by atoms with Crippen LogP contribution in [0.4, 0.5) is 4.79 Å². The van der Waals surface area contributed by atoms with Crippen molar-refractivity contribution in [2.75, 3.05) is 0 Å². The van der Waals surface area contributed by atoms with Crippen LogP contribution in [0.1, 0.15) is 31.9 Å². The number of benzene rings is 2. The Morgan fingerprint density at radius 2 is 1.63 bits per heavy atom. The highest BCUT2D eigenvalue weighted by Gasteiger charge is 2.36. The van der Waals surface area contributed by atoms with Gasteiger partial charge < -0.3 is 15.6 Å². The van der Waals surface area contributed by atoms with Crippen LogP contribution in [0.3, 0.4) is 0 Å². The zero-order valence-electron chi connectivity index (χ0n) is 15.9. The number of primary amides is 1. The third-order valence-electron chi connectivity index (χ3n) is 4.17. The van der Waals surface area contributed by atoms with Gasteiger partial charge in [0.05, 0.1) is 0 Å². The molecule has 0 radical (unpaired) electrons. The number of hydrogen-bond donors (Lipinski definition) is 2. The van der Waals surface area contributed by atoms with Gasteiger partial charge in [-0.1, -0.05) is 42.5 Å². The SMILES string of the molecule is CC(C)(C)N(C(=O)O)C(Cc1ccc(OCc2ccccc2)cc1)C(N)=O. The van der Waals surface area contributed by atoms with Gasteiger partial charge in [0.2, 0.25) is 5.91 Å². The van der Waals surface area contributed by atoms with Crippen molar-refractivity contribution in [3.63, 3.8) is 0 Å². The fraction of sp³-hybridized carbons (Fsp3) is 0.333. The van der Waals surface area contributed by atoms with E-state index in [0.717, 1.165) is 16.0 Å². The number of nitrogens with zero attached hydrogens (tertiary/aromatic N) is 1. The fourth-order valence-electron chi connectivity index (χ4n) is 2.89. The summed E-state index contributed by atoms with van der Waals surface area (Å²) >= 11 is 0. The lowest BCUT2D eigenvalue weighted by Crippen LogP contribution is -2.56. The Bertz CT molecular complexity index is 767. The van der Waals surface area contributed by atoms with E-state index in [0.29, 0.717) is 12.4 Å². The predicted octanol–water partition coefficient (Wildman–Crippen LogP) is 3.44. The van der Waals surface area contributed by atoms with Crippen LogP contribution in [0, 0.1) is 0 Å². The number of nitrogens with two attached hydrogens (primary N) is 1. The molecule has 2 rings (SSSR count). The first-order valence-electron chi connectivity index (χ1n) is 8.75. The van der Waals surface area contributed by atoms with Crippen molar-refractivity contribution in [1.82, 2.24) is 4.90 Å². The number of ether oxygens (including phenoxy) is 1. The molecule has 27 heavy (non-hydrogen) atoms. The molecule has 2 aromatic carbocycles. The van der Waals surface area contributed by atoms with Gasteiger partial charge in [-0.05, 0) is 44.0 Å². The minimum atomic E-state index is -1.17. The molecule has 1 atom stereocenters. The zero-order chi connectivity index (χ0) is 20.0. The predicted molar refractivity (Wildman–Crippen MR) is 104 cm³/mol. The maximum Gasteiger partial charge on any atom is 0.408 e. The summed E-state index contributed by atoms with van der Waals surface area (Å²) in [7, 11) is 0. The molecule has 6 nitrogen and oxygen atoms in total. The van der Waals surface area contributed by atoms with Gasteiger partial charge in [-0.2, -0.15) is 0 Å². The molecule has 144 valence electrons. The molecule has 2 amide bonds. The van der Waals surface area contributed by atoms with Gasteiger partial charge in [-0.15, -0.1) is 0 Å². The molecule has 2 aromatic rings. The van der Waals surface area contributed by atoms with Crippen molar-refractivity contribution in [1.29, 1.82) is 0 Å². The molecule has 0 aliphatic heterocycles. The van der Waals surface area contributed by atoms with E-state index < -0.39 is 23.6 Å². The van der Waals surface area contributed by atoms with Crippen LogP contribution in [0.2, 0.25) is 0 Å². The van der Waals surface area contributed by atoms with E-state index in [1.54, 1.807) is 32.9 Å². The molecule has 0 saturated heterocycles. The highest BCUT2D eigenvalue weighted by atomic mass is 16.5. The summed E-state index contributed by atoms with van der Waals surface area (Å²) in [5, 5.41) is 9.53. The minimum Gasteiger partial charge on any atom is -0.489 e. The summed E-state index contributed by atoms with van der Waals surface area (Å²) in [6.45, 7) is 5.66. The third-order valence-corrected chi connectivity index (χ3v) is 4.17. The van der Waals surface area contributed by atoms with E-state index in [4.69, 9.17) is 10.5 Å². The van der Waals surface area contributed by atoms with Gasteiger partial charge >= 0.3 is 6.09 Å². The second-order valence-electron chi connectivity index (χ2n) is 7.36. The molecule has 0 heterocycles. The van der Waals surface area contributed by atoms with Crippen molar-refractivity contribution in [3.05, 3.63) is 65.7 Å². The lowest BCUT2D eigenvalue weighted by molar-refractivity contribution is -0.124. The monoisotopic (exact) mass is 370 g/mol. The van der Waals surface area contributed by atoms with E-state index in [2.05, 4.69) is 0 Å². The molecule has 6 heteroatoms. The molecular weight excluding hydrogens is 344 g/mol. The highest BCUT2D eigenvalue weighted by Crippen LogP contribution is 2.22. The van der Waals surface area contributed by atoms with E-state index in [-0.39, 0.29) is 6.42 Å². The number of rotatable bonds is 7. The lowest BCUT2D eigenvalue weighted by Gasteiger charge is -2.38. The van der Waals surface area contributed by atoms with Crippen LogP contribution in [0.25, 0.3) is 0 Å². The van der Waals surface area contributed by atoms with Crippen LogP contribution in [0.5, 0.6) is 5.75 Å². The number of hydrogen-bond acceptors (Lipinski definition) is 3. The molecule has 3 N–H and O–H groups in total. The Morgan fingerprint density at radius 1 is 1.04 bits per heavy atom. The zero-order valence-corrected chi connectivity index (χ0v) is 15.9. The average molecular weight is 370 g/mol. The largest absolute Gasteiger partial charge is 0.489 e. The van der Waals surface area contributed by atoms with Gasteiger partial charge in [-0.3, -0.25) is 9.69 Å². The molecular formula is C21H26N2O4. The Morgan fingerprint density at radius 3 is 2.11 bits per heavy atom. The molecule has 0 aliphatic carbocycles. The van der Waals surface area contributed by atoms with E-state index in [1.807, 2.05) is 42.5 Å². The first kappa shape index (κ1) is 20.3. The molecule has 0 fully saturated rings. The number of amides is 2. The standard InChI is InChI=1S/C21H26N2O4/c1-21(2,3)23(20(25)26)18(19(22)24)13-15-9-11-17(12-10-15)27-14-16-7-5-4-6-8-16/h4-12,18H,13-14H2,1-3H3,(H2,22,24)(H,25,26). The Hall–Kier alpha value is -3.02. The number of carbonyl (C=O) groups is 2. The van der Waals surface area contributed by atoms with Crippen molar-refractivity contribution < 1.29 is 19.4 Å². The second-order valence-corrected chi connectivity index (χ2v) is 7.36. The fourth-order valence-corrected chi connectivity index (χ4v) is 2.89. The van der Waals surface area contributed by atoms with Crippen molar-refractivity contribution in [2.45, 2.75) is 45.4 Å². The van der Waals surface area contributed by atoms with Gasteiger partial charge in [0.1, 0.15) is 18.4 Å². The van der Waals surface area contributed by atoms with E-state index in [9.17, 15) is 14.7 Å². The van der Waals surface area contributed by atoms with Crippen molar-refractivity contribution in [2.24, 2.45) is 5.73 Å². The van der Waals surface area contributed by atoms with Crippen LogP contribution in [0.15, 0.2) is 54.6 Å². The van der Waals surface area contributed by atoms with Gasteiger partial charge in [0.15, 0.2) is 0 Å². The van der Waals surface area contributed by atoms with Gasteiger partial charge in [-0.25, -0.2) is 4.79 Å². The third kappa shape index (κ3) is 5.74.